The summed E-state index contributed by atoms with van der Waals surface area (Å²) < 4.78 is 5.33. The van der Waals surface area contributed by atoms with E-state index in [9.17, 15) is 4.79 Å². The highest BCUT2D eigenvalue weighted by Crippen LogP contribution is 2.23. The van der Waals surface area contributed by atoms with Crippen molar-refractivity contribution in [3.8, 4) is 0 Å². The molecule has 100 valence electrons. The second kappa shape index (κ2) is 6.97. The van der Waals surface area contributed by atoms with Crippen molar-refractivity contribution >= 4 is 5.91 Å². The van der Waals surface area contributed by atoms with Gasteiger partial charge in [-0.05, 0) is 25.2 Å². The molecule has 4 heteroatoms. The third-order valence-corrected chi connectivity index (χ3v) is 3.61. The Morgan fingerprint density at radius 2 is 2.18 bits per heavy atom. The Kier molecular flexibility index (Phi) is 5.92. The quantitative estimate of drug-likeness (QED) is 0.763. The van der Waals surface area contributed by atoms with Crippen LogP contribution in [0.15, 0.2) is 0 Å². The van der Waals surface area contributed by atoms with Crippen LogP contribution in [0.5, 0.6) is 0 Å². The van der Waals surface area contributed by atoms with Crippen molar-refractivity contribution in [1.82, 2.24) is 5.32 Å². The highest BCUT2D eigenvalue weighted by atomic mass is 16.5. The van der Waals surface area contributed by atoms with Crippen molar-refractivity contribution in [2.24, 2.45) is 17.6 Å². The molecule has 0 spiro atoms. The summed E-state index contributed by atoms with van der Waals surface area (Å²) >= 11 is 0. The third-order valence-electron chi connectivity index (χ3n) is 3.61. The SMILES string of the molecule is COC(CNC(=O)C1CCCC(N)C1)C(C)C. The minimum absolute atomic E-state index is 0.0937. The number of amides is 1. The molecular weight excluding hydrogens is 216 g/mol. The number of rotatable bonds is 5. The first-order valence-electron chi connectivity index (χ1n) is 6.60. The Morgan fingerprint density at radius 3 is 2.71 bits per heavy atom. The Hall–Kier alpha value is -0.610. The van der Waals surface area contributed by atoms with Gasteiger partial charge < -0.3 is 15.8 Å². The van der Waals surface area contributed by atoms with E-state index in [1.54, 1.807) is 7.11 Å². The summed E-state index contributed by atoms with van der Waals surface area (Å²) in [6.07, 6.45) is 4.01. The fourth-order valence-electron chi connectivity index (χ4n) is 2.40. The van der Waals surface area contributed by atoms with Crippen molar-refractivity contribution < 1.29 is 9.53 Å². The van der Waals surface area contributed by atoms with Crippen LogP contribution in [0.4, 0.5) is 0 Å². The molecule has 0 aromatic rings. The van der Waals surface area contributed by atoms with Gasteiger partial charge in [0.2, 0.25) is 5.91 Å². The number of nitrogens with two attached hydrogens (primary N) is 1. The lowest BCUT2D eigenvalue weighted by Gasteiger charge is -2.27. The monoisotopic (exact) mass is 242 g/mol. The maximum absolute atomic E-state index is 12.0. The van der Waals surface area contributed by atoms with Gasteiger partial charge in [-0.25, -0.2) is 0 Å². The van der Waals surface area contributed by atoms with Crippen LogP contribution in [0.25, 0.3) is 0 Å². The molecule has 0 bridgehead atoms. The third kappa shape index (κ3) is 4.64. The normalized spacial score (nSPS) is 26.9. The van der Waals surface area contributed by atoms with Crippen molar-refractivity contribution in [2.75, 3.05) is 13.7 Å². The van der Waals surface area contributed by atoms with Gasteiger partial charge in [0.15, 0.2) is 0 Å². The highest BCUT2D eigenvalue weighted by Gasteiger charge is 2.25. The number of carbonyl (C=O) groups excluding carboxylic acids is 1. The van der Waals surface area contributed by atoms with E-state index < -0.39 is 0 Å². The Morgan fingerprint density at radius 1 is 1.47 bits per heavy atom. The van der Waals surface area contributed by atoms with E-state index in [4.69, 9.17) is 10.5 Å². The van der Waals surface area contributed by atoms with E-state index in [1.807, 2.05) is 0 Å². The number of nitrogens with one attached hydrogen (secondary N) is 1. The predicted octanol–water partition coefficient (Wildman–Crippen LogP) is 1.29. The molecule has 1 fully saturated rings. The molecule has 1 aliphatic carbocycles. The smallest absolute Gasteiger partial charge is 0.223 e. The van der Waals surface area contributed by atoms with Gasteiger partial charge in [0.25, 0.3) is 0 Å². The van der Waals surface area contributed by atoms with Gasteiger partial charge in [-0.15, -0.1) is 0 Å². The first-order chi connectivity index (χ1) is 8.04. The van der Waals surface area contributed by atoms with Gasteiger partial charge >= 0.3 is 0 Å². The van der Waals surface area contributed by atoms with Crippen LogP contribution in [0, 0.1) is 11.8 Å². The molecule has 3 N–H and O–H groups in total. The molecule has 0 aromatic carbocycles. The van der Waals surface area contributed by atoms with Crippen LogP contribution in [0.1, 0.15) is 39.5 Å². The zero-order chi connectivity index (χ0) is 12.8. The number of hydrogen-bond donors (Lipinski definition) is 2. The molecular formula is C13H26N2O2. The molecule has 0 heterocycles. The summed E-state index contributed by atoms with van der Waals surface area (Å²) in [5, 5.41) is 2.99. The number of ether oxygens (including phenoxy) is 1. The largest absolute Gasteiger partial charge is 0.379 e. The van der Waals surface area contributed by atoms with E-state index in [1.165, 1.54) is 0 Å². The zero-order valence-corrected chi connectivity index (χ0v) is 11.2. The molecule has 0 saturated heterocycles. The summed E-state index contributed by atoms with van der Waals surface area (Å²) in [5.41, 5.74) is 5.89. The lowest BCUT2D eigenvalue weighted by atomic mass is 9.85. The van der Waals surface area contributed by atoms with Crippen molar-refractivity contribution in [2.45, 2.75) is 51.7 Å². The van der Waals surface area contributed by atoms with E-state index in [0.29, 0.717) is 12.5 Å². The standard InChI is InChI=1S/C13H26N2O2/c1-9(2)12(17-3)8-15-13(16)10-5-4-6-11(14)7-10/h9-12H,4-8,14H2,1-3H3,(H,15,16). The lowest BCUT2D eigenvalue weighted by molar-refractivity contribution is -0.126. The molecule has 0 radical (unpaired) electrons. The number of methoxy groups -OCH3 is 1. The summed E-state index contributed by atoms with van der Waals surface area (Å²) in [6.45, 7) is 4.78. The first-order valence-corrected chi connectivity index (χ1v) is 6.60. The highest BCUT2D eigenvalue weighted by molar-refractivity contribution is 5.78. The minimum atomic E-state index is 0.0937. The van der Waals surface area contributed by atoms with Crippen LogP contribution >= 0.6 is 0 Å². The molecule has 3 atom stereocenters. The van der Waals surface area contributed by atoms with Crippen molar-refractivity contribution in [3.05, 3.63) is 0 Å². The Labute approximate surface area is 104 Å². The van der Waals surface area contributed by atoms with Crippen LogP contribution in [0.3, 0.4) is 0 Å². The van der Waals surface area contributed by atoms with Crippen molar-refractivity contribution in [1.29, 1.82) is 0 Å². The number of carbonyl (C=O) groups is 1. The molecule has 1 saturated carbocycles. The average Bonchev–Trinajstić information content (AvgIpc) is 2.29. The molecule has 1 amide bonds. The van der Waals surface area contributed by atoms with Gasteiger partial charge in [0.05, 0.1) is 6.10 Å². The minimum Gasteiger partial charge on any atom is -0.379 e. The summed E-state index contributed by atoms with van der Waals surface area (Å²) in [5.74, 6) is 0.653. The molecule has 3 unspecified atom stereocenters. The maximum atomic E-state index is 12.0. The van der Waals surface area contributed by atoms with E-state index in [0.717, 1.165) is 25.7 Å². The van der Waals surface area contributed by atoms with Crippen molar-refractivity contribution in [3.63, 3.8) is 0 Å². The van der Waals surface area contributed by atoms with Gasteiger partial charge in [-0.2, -0.15) is 0 Å². The van der Waals surface area contributed by atoms with Crippen LogP contribution < -0.4 is 11.1 Å². The van der Waals surface area contributed by atoms with E-state index >= 15 is 0 Å². The van der Waals surface area contributed by atoms with Gasteiger partial charge in [-0.3, -0.25) is 4.79 Å². The van der Waals surface area contributed by atoms with Gasteiger partial charge in [-0.1, -0.05) is 20.3 Å². The maximum Gasteiger partial charge on any atom is 0.223 e. The van der Waals surface area contributed by atoms with Crippen LogP contribution in [0.2, 0.25) is 0 Å². The van der Waals surface area contributed by atoms with E-state index in [-0.39, 0.29) is 24.0 Å². The molecule has 1 rings (SSSR count). The fraction of sp³-hybridized carbons (Fsp3) is 0.923. The lowest BCUT2D eigenvalue weighted by Crippen LogP contribution is -2.42. The van der Waals surface area contributed by atoms with E-state index in [2.05, 4.69) is 19.2 Å². The second-order valence-electron chi connectivity index (χ2n) is 5.39. The summed E-state index contributed by atoms with van der Waals surface area (Å²) in [7, 11) is 1.69. The predicted molar refractivity (Wildman–Crippen MR) is 68.6 cm³/mol. The average molecular weight is 242 g/mol. The molecule has 0 aliphatic heterocycles. The molecule has 0 aromatic heterocycles. The number of hydrogen-bond acceptors (Lipinski definition) is 3. The fourth-order valence-corrected chi connectivity index (χ4v) is 2.40. The molecule has 17 heavy (non-hydrogen) atoms. The molecule has 1 aliphatic rings. The van der Waals surface area contributed by atoms with Crippen LogP contribution in [-0.4, -0.2) is 31.7 Å². The first kappa shape index (κ1) is 14.5. The summed E-state index contributed by atoms with van der Waals surface area (Å²) in [6, 6.07) is 0.197. The Balaban J connectivity index is 2.33. The Bertz CT molecular complexity index is 244. The second-order valence-corrected chi connectivity index (χ2v) is 5.39. The summed E-state index contributed by atoms with van der Waals surface area (Å²) in [4.78, 5) is 12.0. The van der Waals surface area contributed by atoms with Gasteiger partial charge in [0, 0.05) is 25.6 Å². The topological polar surface area (TPSA) is 64.3 Å². The molecule has 4 nitrogen and oxygen atoms in total. The zero-order valence-electron chi connectivity index (χ0n) is 11.2. The van der Waals surface area contributed by atoms with Crippen LogP contribution in [-0.2, 0) is 9.53 Å². The van der Waals surface area contributed by atoms with Gasteiger partial charge in [0.1, 0.15) is 0 Å².